The van der Waals surface area contributed by atoms with E-state index in [0.29, 0.717) is 6.54 Å². The van der Waals surface area contributed by atoms with Crippen molar-refractivity contribution in [3.8, 4) is 11.3 Å². The van der Waals surface area contributed by atoms with Crippen molar-refractivity contribution in [2.45, 2.75) is 13.8 Å². The van der Waals surface area contributed by atoms with E-state index < -0.39 is 5.97 Å². The Morgan fingerprint density at radius 1 is 1.29 bits per heavy atom. The monoisotopic (exact) mass is 325 g/mol. The smallest absolute Gasteiger partial charge is 0.328 e. The SMILES string of the molecule is CC(C)(CN)CNc1cccc(-c2cccc(C=CC(=O)O)c2)n1. The minimum absolute atomic E-state index is 0.000766. The number of benzene rings is 1. The van der Waals surface area contributed by atoms with Crippen LogP contribution in [0.5, 0.6) is 0 Å². The third kappa shape index (κ3) is 5.21. The molecule has 0 bridgehead atoms. The Morgan fingerprint density at radius 2 is 2.04 bits per heavy atom. The summed E-state index contributed by atoms with van der Waals surface area (Å²) in [4.78, 5) is 15.3. The van der Waals surface area contributed by atoms with Gasteiger partial charge >= 0.3 is 5.97 Å². The van der Waals surface area contributed by atoms with Gasteiger partial charge in [0.2, 0.25) is 0 Å². The average molecular weight is 325 g/mol. The highest BCUT2D eigenvalue weighted by Gasteiger charge is 2.15. The molecule has 4 N–H and O–H groups in total. The minimum Gasteiger partial charge on any atom is -0.478 e. The number of aromatic nitrogens is 1. The lowest BCUT2D eigenvalue weighted by atomic mass is 9.94. The first-order valence-electron chi connectivity index (χ1n) is 7.82. The summed E-state index contributed by atoms with van der Waals surface area (Å²) in [7, 11) is 0. The Morgan fingerprint density at radius 3 is 2.75 bits per heavy atom. The van der Waals surface area contributed by atoms with Crippen molar-refractivity contribution in [3.63, 3.8) is 0 Å². The molecule has 5 nitrogen and oxygen atoms in total. The molecule has 2 aromatic rings. The summed E-state index contributed by atoms with van der Waals surface area (Å²) in [5.41, 5.74) is 8.33. The number of pyridine rings is 1. The molecule has 0 saturated heterocycles. The van der Waals surface area contributed by atoms with Crippen LogP contribution in [0.3, 0.4) is 0 Å². The number of nitrogens with one attached hydrogen (secondary N) is 1. The number of hydrogen-bond acceptors (Lipinski definition) is 4. The molecular weight excluding hydrogens is 302 g/mol. The molecule has 0 fully saturated rings. The van der Waals surface area contributed by atoms with Gasteiger partial charge in [-0.25, -0.2) is 9.78 Å². The van der Waals surface area contributed by atoms with Crippen LogP contribution in [0.15, 0.2) is 48.5 Å². The van der Waals surface area contributed by atoms with Crippen LogP contribution in [0.4, 0.5) is 5.82 Å². The predicted molar refractivity (Wildman–Crippen MR) is 97.7 cm³/mol. The van der Waals surface area contributed by atoms with E-state index in [9.17, 15) is 4.79 Å². The van der Waals surface area contributed by atoms with Crippen molar-refractivity contribution in [3.05, 3.63) is 54.1 Å². The lowest BCUT2D eigenvalue weighted by molar-refractivity contribution is -0.131. The number of rotatable bonds is 7. The van der Waals surface area contributed by atoms with E-state index in [4.69, 9.17) is 10.8 Å². The number of carbonyl (C=O) groups is 1. The highest BCUT2D eigenvalue weighted by Crippen LogP contribution is 2.21. The van der Waals surface area contributed by atoms with Crippen LogP contribution < -0.4 is 11.1 Å². The van der Waals surface area contributed by atoms with Crippen LogP contribution >= 0.6 is 0 Å². The van der Waals surface area contributed by atoms with Gasteiger partial charge in [0, 0.05) is 18.2 Å². The molecule has 0 amide bonds. The number of nitrogens with zero attached hydrogens (tertiary/aromatic N) is 1. The minimum atomic E-state index is -0.966. The normalized spacial score (nSPS) is 11.6. The fourth-order valence-corrected chi connectivity index (χ4v) is 2.07. The van der Waals surface area contributed by atoms with Crippen LogP contribution in [-0.2, 0) is 4.79 Å². The maximum Gasteiger partial charge on any atom is 0.328 e. The van der Waals surface area contributed by atoms with Gasteiger partial charge in [-0.05, 0) is 41.8 Å². The molecule has 24 heavy (non-hydrogen) atoms. The zero-order chi connectivity index (χ0) is 17.6. The number of anilines is 1. The molecule has 1 aromatic heterocycles. The van der Waals surface area contributed by atoms with Crippen molar-refractivity contribution in [1.29, 1.82) is 0 Å². The van der Waals surface area contributed by atoms with Crippen molar-refractivity contribution in [2.75, 3.05) is 18.4 Å². The first kappa shape index (κ1) is 17.7. The van der Waals surface area contributed by atoms with E-state index in [2.05, 4.69) is 24.1 Å². The van der Waals surface area contributed by atoms with Gasteiger partial charge in [0.15, 0.2) is 0 Å². The van der Waals surface area contributed by atoms with E-state index in [1.807, 2.05) is 42.5 Å². The highest BCUT2D eigenvalue weighted by molar-refractivity contribution is 5.85. The molecule has 0 saturated carbocycles. The van der Waals surface area contributed by atoms with Crippen molar-refractivity contribution in [2.24, 2.45) is 11.1 Å². The molecule has 1 heterocycles. The van der Waals surface area contributed by atoms with Gasteiger partial charge in [-0.15, -0.1) is 0 Å². The van der Waals surface area contributed by atoms with Crippen LogP contribution in [0.2, 0.25) is 0 Å². The summed E-state index contributed by atoms with van der Waals surface area (Å²) in [6.45, 7) is 5.53. The maximum absolute atomic E-state index is 10.6. The van der Waals surface area contributed by atoms with Gasteiger partial charge in [-0.3, -0.25) is 0 Å². The molecule has 0 atom stereocenters. The molecule has 5 heteroatoms. The van der Waals surface area contributed by atoms with E-state index in [-0.39, 0.29) is 5.41 Å². The van der Waals surface area contributed by atoms with Crippen LogP contribution in [0.25, 0.3) is 17.3 Å². The molecule has 0 radical (unpaired) electrons. The second-order valence-electron chi connectivity index (χ2n) is 6.43. The van der Waals surface area contributed by atoms with E-state index >= 15 is 0 Å². The Labute approximate surface area is 142 Å². The molecular formula is C19H23N3O2. The Balaban J connectivity index is 2.19. The first-order valence-corrected chi connectivity index (χ1v) is 7.82. The third-order valence-corrected chi connectivity index (χ3v) is 3.65. The zero-order valence-corrected chi connectivity index (χ0v) is 14.0. The van der Waals surface area contributed by atoms with Gasteiger partial charge in [0.1, 0.15) is 5.82 Å². The summed E-state index contributed by atoms with van der Waals surface area (Å²) in [5, 5.41) is 12.0. The number of aliphatic carboxylic acids is 1. The van der Waals surface area contributed by atoms with Crippen molar-refractivity contribution in [1.82, 2.24) is 4.98 Å². The summed E-state index contributed by atoms with van der Waals surface area (Å²) < 4.78 is 0. The Bertz CT molecular complexity index is 739. The molecule has 0 aliphatic rings. The molecule has 0 spiro atoms. The van der Waals surface area contributed by atoms with E-state index in [1.165, 1.54) is 0 Å². The zero-order valence-electron chi connectivity index (χ0n) is 14.0. The van der Waals surface area contributed by atoms with Gasteiger partial charge in [-0.1, -0.05) is 38.1 Å². The fraction of sp³-hybridized carbons (Fsp3) is 0.263. The van der Waals surface area contributed by atoms with Crippen molar-refractivity contribution >= 4 is 17.9 Å². The van der Waals surface area contributed by atoms with E-state index in [1.54, 1.807) is 6.08 Å². The second kappa shape index (κ2) is 7.75. The molecule has 2 rings (SSSR count). The van der Waals surface area contributed by atoms with Gasteiger partial charge in [0.25, 0.3) is 0 Å². The third-order valence-electron chi connectivity index (χ3n) is 3.65. The molecule has 126 valence electrons. The molecule has 1 aromatic carbocycles. The number of hydrogen-bond donors (Lipinski definition) is 3. The number of nitrogens with two attached hydrogens (primary N) is 1. The summed E-state index contributed by atoms with van der Waals surface area (Å²) in [6.07, 6.45) is 2.69. The topological polar surface area (TPSA) is 88.2 Å². The van der Waals surface area contributed by atoms with E-state index in [0.717, 1.165) is 35.3 Å². The van der Waals surface area contributed by atoms with Gasteiger partial charge in [0.05, 0.1) is 5.69 Å². The van der Waals surface area contributed by atoms with Gasteiger partial charge < -0.3 is 16.2 Å². The standard InChI is InChI=1S/C19H23N3O2/c1-19(2,12-20)13-21-17-8-4-7-16(22-17)15-6-3-5-14(11-15)9-10-18(23)24/h3-11H,12-13,20H2,1-2H3,(H,21,22)(H,23,24). The summed E-state index contributed by atoms with van der Waals surface area (Å²) >= 11 is 0. The first-order chi connectivity index (χ1) is 11.4. The van der Waals surface area contributed by atoms with Crippen LogP contribution in [0.1, 0.15) is 19.4 Å². The second-order valence-corrected chi connectivity index (χ2v) is 6.43. The average Bonchev–Trinajstić information content (AvgIpc) is 2.59. The van der Waals surface area contributed by atoms with Crippen LogP contribution in [0, 0.1) is 5.41 Å². The lowest BCUT2D eigenvalue weighted by Gasteiger charge is -2.23. The quantitative estimate of drug-likeness (QED) is 0.680. The van der Waals surface area contributed by atoms with Crippen LogP contribution in [-0.4, -0.2) is 29.1 Å². The highest BCUT2D eigenvalue weighted by atomic mass is 16.4. The number of carboxylic acid groups (broad SMARTS) is 1. The fourth-order valence-electron chi connectivity index (χ4n) is 2.07. The molecule has 0 aliphatic carbocycles. The largest absolute Gasteiger partial charge is 0.478 e. The maximum atomic E-state index is 10.6. The Hall–Kier alpha value is -2.66. The predicted octanol–water partition coefficient (Wildman–Crippen LogP) is 3.24. The Kier molecular flexibility index (Phi) is 5.71. The van der Waals surface area contributed by atoms with Gasteiger partial charge in [-0.2, -0.15) is 0 Å². The summed E-state index contributed by atoms with van der Waals surface area (Å²) in [5.74, 6) is -0.173. The number of carboxylic acids is 1. The van der Waals surface area contributed by atoms with Crippen molar-refractivity contribution < 1.29 is 9.90 Å². The summed E-state index contributed by atoms with van der Waals surface area (Å²) in [6, 6.07) is 13.4. The molecule has 0 aliphatic heterocycles. The lowest BCUT2D eigenvalue weighted by Crippen LogP contribution is -2.31. The molecule has 0 unspecified atom stereocenters.